The largest absolute Gasteiger partial charge is 0.504 e. The highest BCUT2D eigenvalue weighted by Crippen LogP contribution is 2.47. The molecule has 56 heavy (non-hydrogen) atoms. The molecule has 6 aliphatic rings. The van der Waals surface area contributed by atoms with Gasteiger partial charge in [-0.3, -0.25) is 9.59 Å². The number of amides is 1. The normalized spacial score (nSPS) is 34.4. The number of carbonyl (C=O) groups excluding carboxylic acids is 3. The number of esters is 2. The van der Waals surface area contributed by atoms with E-state index in [1.165, 1.54) is 14.0 Å². The molecule has 0 spiro atoms. The third-order valence-corrected chi connectivity index (χ3v) is 16.3. The number of phenols is 1. The van der Waals surface area contributed by atoms with Gasteiger partial charge in [0.1, 0.15) is 17.7 Å². The summed E-state index contributed by atoms with van der Waals surface area (Å²) >= 11 is 0. The number of piperidine rings is 2. The fourth-order valence-corrected chi connectivity index (χ4v) is 13.3. The van der Waals surface area contributed by atoms with E-state index in [4.69, 9.17) is 14.2 Å². The Balaban J connectivity index is 1.41. The first kappa shape index (κ1) is 43.1. The molecule has 4 heterocycles. The monoisotopic (exact) mass is 817 g/mol. The number of rotatable bonds is 11. The van der Waals surface area contributed by atoms with E-state index in [2.05, 4.69) is 28.1 Å². The van der Waals surface area contributed by atoms with Gasteiger partial charge in [-0.2, -0.15) is 0 Å². The fraction of sp³-hybridized carbons (Fsp3) is 0.738. The summed E-state index contributed by atoms with van der Waals surface area (Å²) in [5.41, 5.74) is -1.80. The van der Waals surface area contributed by atoms with Gasteiger partial charge in [0.2, 0.25) is 5.91 Å². The number of hydrogen-bond acceptors (Lipinski definition) is 13. The third-order valence-electron chi connectivity index (χ3n) is 13.4. The standard InChI is InChI=1S/C42H63N3O9S2/c1-26(46)53-32(28-14-16-40(2,51)25-55-56-34-12-9-29(22-28)38(49)37(34)43-3)23-35(54-39(50)42-15-6-5-7-30(42)10-13-36(48)45-42)41(17-19-44-20-18-41)24-27-8-11-31(47)33(21-27)52-4/h8-9,11-12,21,28-30,32,34-35,37-38,43-44,47,49,51H,5-7,10,13-20,22-25H2,1-4H3,(H,45,48)/t28-,29+,30+,32+,34-,35-,37+,38-,40+,42+/m1/s1. The van der Waals surface area contributed by atoms with Gasteiger partial charge in [0.15, 0.2) is 11.5 Å². The zero-order valence-electron chi connectivity index (χ0n) is 33.4. The molecule has 2 aliphatic carbocycles. The minimum Gasteiger partial charge on any atom is -0.504 e. The molecule has 0 aromatic heterocycles. The molecule has 6 N–H and O–H groups in total. The van der Waals surface area contributed by atoms with Crippen molar-refractivity contribution < 1.29 is 43.9 Å². The highest BCUT2D eigenvalue weighted by atomic mass is 33.1. The zero-order valence-corrected chi connectivity index (χ0v) is 35.1. The first-order valence-electron chi connectivity index (χ1n) is 20.6. The number of methoxy groups -OCH3 is 1. The number of fused-ring (bicyclic) bond motifs is 9. The van der Waals surface area contributed by atoms with E-state index in [9.17, 15) is 29.7 Å². The fourth-order valence-electron chi connectivity index (χ4n) is 10.1. The number of aliphatic hydroxyl groups is 2. The van der Waals surface area contributed by atoms with Crippen molar-refractivity contribution in [2.75, 3.05) is 33.0 Å². The molecule has 4 fully saturated rings. The van der Waals surface area contributed by atoms with Crippen molar-refractivity contribution in [3.8, 4) is 11.5 Å². The van der Waals surface area contributed by atoms with Crippen LogP contribution in [0.1, 0.15) is 96.5 Å². The lowest BCUT2D eigenvalue weighted by molar-refractivity contribution is -0.180. The van der Waals surface area contributed by atoms with Gasteiger partial charge in [0.25, 0.3) is 0 Å². The summed E-state index contributed by atoms with van der Waals surface area (Å²) in [6, 6.07) is 5.11. The molecule has 14 heteroatoms. The maximum atomic E-state index is 14.9. The summed E-state index contributed by atoms with van der Waals surface area (Å²) in [6.07, 6.45) is 9.78. The number of aromatic hydroxyl groups is 1. The Kier molecular flexibility index (Phi) is 14.3. The number of hydrogen-bond donors (Lipinski definition) is 6. The van der Waals surface area contributed by atoms with Crippen molar-refractivity contribution in [1.82, 2.24) is 16.0 Å². The number of carbonyl (C=O) groups is 3. The second kappa shape index (κ2) is 18.6. The summed E-state index contributed by atoms with van der Waals surface area (Å²) in [5, 5.41) is 43.7. The molecule has 1 aromatic carbocycles. The quantitative estimate of drug-likeness (QED) is 0.102. The SMILES string of the molecule is CN[C@@H]1[C@H](O)[C@H]2C=C[C@H]1SSC[C@@](C)(O)CC[C@@H]([C@H](C[C@@H](OC(=O)[C@]13CCCC[C@H]1CCC(=O)N3)C1(Cc3ccc(O)c(OC)c3)CCNCC1)OC(C)=O)C2. The first-order chi connectivity index (χ1) is 26.8. The summed E-state index contributed by atoms with van der Waals surface area (Å²) in [4.78, 5) is 41.0. The summed E-state index contributed by atoms with van der Waals surface area (Å²) in [6.45, 7) is 4.61. The average Bonchev–Trinajstić information content (AvgIpc) is 3.17. The van der Waals surface area contributed by atoms with Crippen molar-refractivity contribution in [1.29, 1.82) is 0 Å². The van der Waals surface area contributed by atoms with Crippen molar-refractivity contribution in [3.05, 3.63) is 35.9 Å². The molecule has 312 valence electrons. The maximum absolute atomic E-state index is 14.9. The van der Waals surface area contributed by atoms with E-state index < -0.39 is 46.8 Å². The lowest BCUT2D eigenvalue weighted by Gasteiger charge is -2.49. The maximum Gasteiger partial charge on any atom is 0.332 e. The van der Waals surface area contributed by atoms with Gasteiger partial charge in [0, 0.05) is 42.9 Å². The molecule has 4 aliphatic heterocycles. The van der Waals surface area contributed by atoms with E-state index >= 15 is 0 Å². The molecule has 1 aromatic rings. The molecule has 0 unspecified atom stereocenters. The summed E-state index contributed by atoms with van der Waals surface area (Å²) in [7, 11) is 6.63. The summed E-state index contributed by atoms with van der Waals surface area (Å²) < 4.78 is 18.7. The minimum atomic E-state index is -1.12. The Morgan fingerprint density at radius 1 is 1.07 bits per heavy atom. The zero-order chi connectivity index (χ0) is 40.1. The topological polar surface area (TPSA) is 176 Å². The average molecular weight is 818 g/mol. The van der Waals surface area contributed by atoms with E-state index in [1.807, 2.05) is 26.1 Å². The number of nitrogens with one attached hydrogen (secondary N) is 3. The molecule has 1 saturated carbocycles. The van der Waals surface area contributed by atoms with Gasteiger partial charge in [-0.1, -0.05) is 52.6 Å². The first-order valence-corrected chi connectivity index (χ1v) is 23.0. The Bertz CT molecular complexity index is 1570. The third kappa shape index (κ3) is 9.85. The molecule has 1 amide bonds. The lowest BCUT2D eigenvalue weighted by atomic mass is 9.66. The van der Waals surface area contributed by atoms with Gasteiger partial charge in [-0.05, 0) is 114 Å². The van der Waals surface area contributed by atoms with Crippen molar-refractivity contribution in [2.24, 2.45) is 23.2 Å². The van der Waals surface area contributed by atoms with Crippen molar-refractivity contribution in [3.63, 3.8) is 0 Å². The number of likely N-dealkylation sites (N-methyl/N-ethyl adjacent to an activating group) is 1. The van der Waals surface area contributed by atoms with Crippen LogP contribution in [0.15, 0.2) is 30.4 Å². The van der Waals surface area contributed by atoms with Crippen LogP contribution in [0.2, 0.25) is 0 Å². The Morgan fingerprint density at radius 3 is 2.59 bits per heavy atom. The number of phenolic OH excluding ortho intramolecular Hbond substituents is 1. The van der Waals surface area contributed by atoms with Crippen LogP contribution in [-0.2, 0) is 30.3 Å². The molecule has 7 rings (SSSR count). The van der Waals surface area contributed by atoms with Crippen molar-refractivity contribution >= 4 is 39.4 Å². The molecule has 2 bridgehead atoms. The van der Waals surface area contributed by atoms with Crippen LogP contribution < -0.4 is 20.7 Å². The summed E-state index contributed by atoms with van der Waals surface area (Å²) in [5.74, 6) is -0.688. The van der Waals surface area contributed by atoms with Gasteiger partial charge in [-0.15, -0.1) is 0 Å². The second-order valence-corrected chi connectivity index (χ2v) is 19.8. The molecule has 10 atom stereocenters. The van der Waals surface area contributed by atoms with Gasteiger partial charge < -0.3 is 45.5 Å². The highest BCUT2D eigenvalue weighted by molar-refractivity contribution is 8.77. The van der Waals surface area contributed by atoms with Crippen LogP contribution in [0.4, 0.5) is 0 Å². The smallest absolute Gasteiger partial charge is 0.332 e. The van der Waals surface area contributed by atoms with Gasteiger partial charge in [0.05, 0.1) is 24.1 Å². The van der Waals surface area contributed by atoms with E-state index in [-0.39, 0.29) is 47.1 Å². The van der Waals surface area contributed by atoms with Crippen LogP contribution in [-0.4, -0.2) is 107 Å². The lowest BCUT2D eigenvalue weighted by Crippen LogP contribution is -2.65. The van der Waals surface area contributed by atoms with Crippen LogP contribution in [0.3, 0.4) is 0 Å². The molecule has 0 radical (unpaired) electrons. The molecular weight excluding hydrogens is 755 g/mol. The highest BCUT2D eigenvalue weighted by Gasteiger charge is 2.54. The molecule has 12 nitrogen and oxygen atoms in total. The van der Waals surface area contributed by atoms with E-state index in [0.29, 0.717) is 82.4 Å². The predicted octanol–water partition coefficient (Wildman–Crippen LogP) is 4.82. The Morgan fingerprint density at radius 2 is 1.86 bits per heavy atom. The van der Waals surface area contributed by atoms with E-state index in [0.717, 1.165) is 24.8 Å². The van der Waals surface area contributed by atoms with Gasteiger partial charge in [-0.25, -0.2) is 4.79 Å². The number of benzene rings is 1. The molecular formula is C42H63N3O9S2. The Hall–Kier alpha value is -2.49. The predicted molar refractivity (Wildman–Crippen MR) is 218 cm³/mol. The van der Waals surface area contributed by atoms with Gasteiger partial charge >= 0.3 is 11.9 Å². The van der Waals surface area contributed by atoms with Crippen molar-refractivity contribution in [2.45, 2.75) is 138 Å². The van der Waals surface area contributed by atoms with Crippen LogP contribution >= 0.6 is 21.6 Å². The second-order valence-electron chi connectivity index (χ2n) is 17.3. The molecule has 3 saturated heterocycles. The number of aliphatic hydroxyl groups excluding tert-OH is 1. The minimum absolute atomic E-state index is 0.0135. The van der Waals surface area contributed by atoms with Crippen LogP contribution in [0.5, 0.6) is 11.5 Å². The Labute approximate surface area is 339 Å². The number of ether oxygens (including phenoxy) is 3. The van der Waals surface area contributed by atoms with Crippen LogP contribution in [0, 0.1) is 23.2 Å². The van der Waals surface area contributed by atoms with E-state index in [1.54, 1.807) is 27.7 Å². The van der Waals surface area contributed by atoms with Crippen LogP contribution in [0.25, 0.3) is 0 Å².